The van der Waals surface area contributed by atoms with E-state index in [4.69, 9.17) is 4.42 Å². The first-order chi connectivity index (χ1) is 11.8. The third-order valence-electron chi connectivity index (χ3n) is 4.40. The molecule has 6 nitrogen and oxygen atoms in total. The molecule has 0 aliphatic carbocycles. The number of nitrogens with one attached hydrogen (secondary N) is 2. The molecule has 2 N–H and O–H groups in total. The first-order valence-electron chi connectivity index (χ1n) is 8.10. The third-order valence-corrected chi connectivity index (χ3v) is 4.40. The molecule has 2 aromatic heterocycles. The fourth-order valence-electron chi connectivity index (χ4n) is 3.03. The average molecular weight is 322 g/mol. The van der Waals surface area contributed by atoms with Crippen LogP contribution in [0.3, 0.4) is 0 Å². The Morgan fingerprint density at radius 1 is 1.17 bits per heavy atom. The molecule has 0 spiro atoms. The number of piperidine rings is 1. The van der Waals surface area contributed by atoms with Crippen LogP contribution in [-0.4, -0.2) is 29.0 Å². The summed E-state index contributed by atoms with van der Waals surface area (Å²) in [6.07, 6.45) is 6.61. The van der Waals surface area contributed by atoms with E-state index in [0.29, 0.717) is 11.6 Å². The minimum absolute atomic E-state index is 0.0507. The van der Waals surface area contributed by atoms with Crippen molar-refractivity contribution in [1.82, 2.24) is 15.3 Å². The Balaban J connectivity index is 1.58. The molecule has 0 saturated carbocycles. The second-order valence-electron chi connectivity index (χ2n) is 6.01. The summed E-state index contributed by atoms with van der Waals surface area (Å²) >= 11 is 0. The number of anilines is 1. The Labute approximate surface area is 139 Å². The summed E-state index contributed by atoms with van der Waals surface area (Å²) in [7, 11) is 0. The number of amides is 1. The maximum Gasteiger partial charge on any atom is 0.228 e. The smallest absolute Gasteiger partial charge is 0.228 e. The second-order valence-corrected chi connectivity index (χ2v) is 6.01. The van der Waals surface area contributed by atoms with E-state index >= 15 is 0 Å². The van der Waals surface area contributed by atoms with Crippen molar-refractivity contribution in [2.75, 3.05) is 18.4 Å². The summed E-state index contributed by atoms with van der Waals surface area (Å²) < 4.78 is 5.34. The van der Waals surface area contributed by atoms with E-state index in [-0.39, 0.29) is 11.8 Å². The van der Waals surface area contributed by atoms with Gasteiger partial charge in [0.2, 0.25) is 5.91 Å². The number of benzene rings is 1. The third kappa shape index (κ3) is 3.00. The molecule has 0 bridgehead atoms. The normalized spacial score (nSPS) is 15.5. The van der Waals surface area contributed by atoms with Gasteiger partial charge in [0.05, 0.1) is 6.20 Å². The van der Waals surface area contributed by atoms with Crippen LogP contribution in [0, 0.1) is 5.92 Å². The van der Waals surface area contributed by atoms with Crippen LogP contribution in [0.15, 0.2) is 47.5 Å². The lowest BCUT2D eigenvalue weighted by Crippen LogP contribution is -2.34. The molecule has 1 saturated heterocycles. The zero-order chi connectivity index (χ0) is 16.4. The fraction of sp³-hybridized carbons (Fsp3) is 0.278. The van der Waals surface area contributed by atoms with Gasteiger partial charge in [-0.2, -0.15) is 0 Å². The van der Waals surface area contributed by atoms with Crippen molar-refractivity contribution in [2.24, 2.45) is 5.92 Å². The molecular weight excluding hydrogens is 304 g/mol. The highest BCUT2D eigenvalue weighted by Crippen LogP contribution is 2.25. The largest absolute Gasteiger partial charge is 0.444 e. The van der Waals surface area contributed by atoms with Gasteiger partial charge in [0.15, 0.2) is 12.2 Å². The molecule has 1 aliphatic heterocycles. The standard InChI is InChI=1S/C18H18N4O2/c23-18(12-3-5-19-6-4-12)22-17-8-15-7-13(16-10-20-11-24-16)1-2-14(15)9-21-17/h1-2,7-12,19H,3-6H2,(H,21,22,23). The molecule has 6 heteroatoms. The van der Waals surface area contributed by atoms with Crippen molar-refractivity contribution in [2.45, 2.75) is 12.8 Å². The molecule has 0 radical (unpaired) electrons. The molecule has 4 rings (SSSR count). The van der Waals surface area contributed by atoms with Crippen molar-refractivity contribution in [3.63, 3.8) is 0 Å². The highest BCUT2D eigenvalue weighted by Gasteiger charge is 2.21. The number of hydrogen-bond acceptors (Lipinski definition) is 5. The lowest BCUT2D eigenvalue weighted by Gasteiger charge is -2.21. The molecule has 1 amide bonds. The maximum atomic E-state index is 12.4. The molecule has 24 heavy (non-hydrogen) atoms. The van der Waals surface area contributed by atoms with Gasteiger partial charge in [0, 0.05) is 23.1 Å². The van der Waals surface area contributed by atoms with Crippen molar-refractivity contribution in [3.8, 4) is 11.3 Å². The van der Waals surface area contributed by atoms with E-state index < -0.39 is 0 Å². The van der Waals surface area contributed by atoms with Crippen LogP contribution in [0.25, 0.3) is 22.1 Å². The van der Waals surface area contributed by atoms with Gasteiger partial charge >= 0.3 is 0 Å². The van der Waals surface area contributed by atoms with Crippen LogP contribution in [0.1, 0.15) is 12.8 Å². The van der Waals surface area contributed by atoms with Crippen LogP contribution in [0.4, 0.5) is 5.82 Å². The minimum atomic E-state index is 0.0507. The predicted octanol–water partition coefficient (Wildman–Crippen LogP) is 2.83. The number of carbonyl (C=O) groups is 1. The zero-order valence-corrected chi connectivity index (χ0v) is 13.2. The number of carbonyl (C=O) groups excluding carboxylic acids is 1. The summed E-state index contributed by atoms with van der Waals surface area (Å²) in [5.74, 6) is 1.41. The van der Waals surface area contributed by atoms with Gasteiger partial charge in [-0.15, -0.1) is 0 Å². The maximum absolute atomic E-state index is 12.4. The molecule has 1 aliphatic rings. The number of rotatable bonds is 3. The Morgan fingerprint density at radius 3 is 2.83 bits per heavy atom. The van der Waals surface area contributed by atoms with Gasteiger partial charge in [-0.25, -0.2) is 9.97 Å². The zero-order valence-electron chi connectivity index (χ0n) is 13.2. The van der Waals surface area contributed by atoms with E-state index in [0.717, 1.165) is 42.3 Å². The number of oxazole rings is 1. The number of aromatic nitrogens is 2. The molecule has 3 heterocycles. The first-order valence-corrected chi connectivity index (χ1v) is 8.10. The van der Waals surface area contributed by atoms with Gasteiger partial charge in [-0.3, -0.25) is 4.79 Å². The lowest BCUT2D eigenvalue weighted by atomic mass is 9.97. The molecular formula is C18H18N4O2. The monoisotopic (exact) mass is 322 g/mol. The second kappa shape index (κ2) is 6.41. The summed E-state index contributed by atoms with van der Waals surface area (Å²) in [6, 6.07) is 7.86. The van der Waals surface area contributed by atoms with Crippen LogP contribution in [0.5, 0.6) is 0 Å². The SMILES string of the molecule is O=C(Nc1cc2cc(-c3cnco3)ccc2cn1)C1CCNCC1. The highest BCUT2D eigenvalue weighted by atomic mass is 16.3. The molecule has 0 atom stereocenters. The van der Waals surface area contributed by atoms with E-state index in [2.05, 4.69) is 20.6 Å². The summed E-state index contributed by atoms with van der Waals surface area (Å²) in [4.78, 5) is 20.7. The topological polar surface area (TPSA) is 80.1 Å². The van der Waals surface area contributed by atoms with Gasteiger partial charge in [-0.1, -0.05) is 12.1 Å². The minimum Gasteiger partial charge on any atom is -0.444 e. The Kier molecular flexibility index (Phi) is 3.96. The summed E-state index contributed by atoms with van der Waals surface area (Å²) in [6.45, 7) is 1.79. The summed E-state index contributed by atoms with van der Waals surface area (Å²) in [5.41, 5.74) is 0.946. The van der Waals surface area contributed by atoms with E-state index in [1.165, 1.54) is 6.39 Å². The highest BCUT2D eigenvalue weighted by molar-refractivity contribution is 5.94. The number of hydrogen-bond donors (Lipinski definition) is 2. The predicted molar refractivity (Wildman–Crippen MR) is 91.5 cm³/mol. The van der Waals surface area contributed by atoms with Crippen molar-refractivity contribution in [1.29, 1.82) is 0 Å². The van der Waals surface area contributed by atoms with Gasteiger partial charge < -0.3 is 15.1 Å². The van der Waals surface area contributed by atoms with Gasteiger partial charge in [-0.05, 0) is 43.5 Å². The van der Waals surface area contributed by atoms with Crippen molar-refractivity contribution < 1.29 is 9.21 Å². The van der Waals surface area contributed by atoms with Crippen LogP contribution in [0.2, 0.25) is 0 Å². The molecule has 1 aromatic carbocycles. The van der Waals surface area contributed by atoms with Crippen LogP contribution in [-0.2, 0) is 4.79 Å². The molecule has 122 valence electrons. The van der Waals surface area contributed by atoms with Crippen molar-refractivity contribution in [3.05, 3.63) is 43.1 Å². The molecule has 1 fully saturated rings. The molecule has 0 unspecified atom stereocenters. The van der Waals surface area contributed by atoms with Gasteiger partial charge in [0.25, 0.3) is 0 Å². The van der Waals surface area contributed by atoms with Crippen molar-refractivity contribution >= 4 is 22.5 Å². The van der Waals surface area contributed by atoms with E-state index in [1.807, 2.05) is 24.3 Å². The fourth-order valence-corrected chi connectivity index (χ4v) is 3.03. The summed E-state index contributed by atoms with van der Waals surface area (Å²) in [5, 5.41) is 8.22. The average Bonchev–Trinajstić information content (AvgIpc) is 3.16. The lowest BCUT2D eigenvalue weighted by molar-refractivity contribution is -0.120. The quantitative estimate of drug-likeness (QED) is 0.775. The van der Waals surface area contributed by atoms with Gasteiger partial charge in [0.1, 0.15) is 5.82 Å². The Morgan fingerprint density at radius 2 is 2.04 bits per heavy atom. The molecule has 3 aromatic rings. The Hall–Kier alpha value is -2.73. The number of pyridine rings is 1. The van der Waals surface area contributed by atoms with E-state index in [1.54, 1.807) is 12.4 Å². The first kappa shape index (κ1) is 14.8. The number of fused-ring (bicyclic) bond motifs is 1. The van der Waals surface area contributed by atoms with Crippen LogP contribution < -0.4 is 10.6 Å². The number of nitrogens with zero attached hydrogens (tertiary/aromatic N) is 2. The van der Waals surface area contributed by atoms with E-state index in [9.17, 15) is 4.79 Å². The van der Waals surface area contributed by atoms with Crippen LogP contribution >= 0.6 is 0 Å². The Bertz CT molecular complexity index is 855.